The lowest BCUT2D eigenvalue weighted by Gasteiger charge is -2.24. The Hall–Kier alpha value is -0.690. The van der Waals surface area contributed by atoms with E-state index in [0.29, 0.717) is 19.5 Å². The average molecular weight is 214 g/mol. The Labute approximate surface area is 91.5 Å². The molecule has 1 unspecified atom stereocenters. The van der Waals surface area contributed by atoms with Gasteiger partial charge in [-0.3, -0.25) is 4.79 Å². The second kappa shape index (κ2) is 6.72. The summed E-state index contributed by atoms with van der Waals surface area (Å²) in [4.78, 5) is 13.4. The van der Waals surface area contributed by atoms with Gasteiger partial charge < -0.3 is 4.90 Å². The number of carbonyl (C=O) groups excluding carboxylic acids is 1. The monoisotopic (exact) mass is 214 g/mol. The van der Waals surface area contributed by atoms with Crippen LogP contribution in [0, 0.1) is 17.2 Å². The van der Waals surface area contributed by atoms with Gasteiger partial charge in [0.1, 0.15) is 0 Å². The fourth-order valence-corrected chi connectivity index (χ4v) is 1.24. The molecule has 0 aromatic heterocycles. The normalized spacial score (nSPS) is 12.3. The molecule has 1 atom stereocenters. The van der Waals surface area contributed by atoms with Crippen molar-refractivity contribution >= 4 is 18.5 Å². The molecule has 0 saturated heterocycles. The van der Waals surface area contributed by atoms with Gasteiger partial charge in [0.15, 0.2) is 0 Å². The van der Waals surface area contributed by atoms with Crippen LogP contribution in [0.1, 0.15) is 27.2 Å². The lowest BCUT2D eigenvalue weighted by atomic mass is 10.1. The number of nitriles is 1. The molecular formula is C10H18N2OS. The van der Waals surface area contributed by atoms with Crippen LogP contribution in [-0.4, -0.2) is 29.1 Å². The molecule has 80 valence electrons. The predicted octanol–water partition coefficient (Wildman–Crippen LogP) is 1.70. The van der Waals surface area contributed by atoms with Gasteiger partial charge >= 0.3 is 0 Å². The van der Waals surface area contributed by atoms with E-state index in [1.807, 2.05) is 26.8 Å². The van der Waals surface area contributed by atoms with Crippen molar-refractivity contribution in [1.82, 2.24) is 4.90 Å². The Morgan fingerprint density at radius 2 is 2.14 bits per heavy atom. The molecule has 0 rings (SSSR count). The summed E-state index contributed by atoms with van der Waals surface area (Å²) in [6.45, 7) is 7.00. The third-order valence-corrected chi connectivity index (χ3v) is 2.89. The summed E-state index contributed by atoms with van der Waals surface area (Å²) in [7, 11) is 0. The first-order chi connectivity index (χ1) is 6.54. The number of hydrogen-bond acceptors (Lipinski definition) is 3. The number of rotatable bonds is 5. The van der Waals surface area contributed by atoms with Gasteiger partial charge in [-0.1, -0.05) is 13.8 Å². The van der Waals surface area contributed by atoms with Crippen LogP contribution in [0.4, 0.5) is 0 Å². The highest BCUT2D eigenvalue weighted by atomic mass is 32.1. The molecular weight excluding hydrogens is 196 g/mol. The highest BCUT2D eigenvalue weighted by molar-refractivity contribution is 7.81. The molecule has 3 nitrogen and oxygen atoms in total. The molecule has 0 aliphatic carbocycles. The Kier molecular flexibility index (Phi) is 6.39. The molecule has 0 aliphatic rings. The topological polar surface area (TPSA) is 44.1 Å². The number of carbonyl (C=O) groups is 1. The number of amides is 1. The Bertz CT molecular complexity index is 223. The van der Waals surface area contributed by atoms with Gasteiger partial charge in [-0.15, -0.1) is 0 Å². The Morgan fingerprint density at radius 3 is 2.50 bits per heavy atom. The quantitative estimate of drug-likeness (QED) is 0.708. The first kappa shape index (κ1) is 13.3. The van der Waals surface area contributed by atoms with Crippen molar-refractivity contribution in [2.45, 2.75) is 32.4 Å². The van der Waals surface area contributed by atoms with Crippen molar-refractivity contribution in [1.29, 1.82) is 5.26 Å². The summed E-state index contributed by atoms with van der Waals surface area (Å²) >= 11 is 4.26. The van der Waals surface area contributed by atoms with Crippen LogP contribution in [0.5, 0.6) is 0 Å². The van der Waals surface area contributed by atoms with Crippen LogP contribution in [-0.2, 0) is 4.79 Å². The molecule has 0 saturated carbocycles. The van der Waals surface area contributed by atoms with Gasteiger partial charge in [-0.2, -0.15) is 17.9 Å². The largest absolute Gasteiger partial charge is 0.341 e. The molecule has 4 heteroatoms. The first-order valence-corrected chi connectivity index (χ1v) is 5.40. The van der Waals surface area contributed by atoms with Crippen LogP contribution >= 0.6 is 12.6 Å². The van der Waals surface area contributed by atoms with Gasteiger partial charge in [0, 0.05) is 13.1 Å². The highest BCUT2D eigenvalue weighted by Crippen LogP contribution is 2.12. The van der Waals surface area contributed by atoms with Crippen molar-refractivity contribution in [2.24, 2.45) is 5.92 Å². The van der Waals surface area contributed by atoms with Crippen LogP contribution in [0.3, 0.4) is 0 Å². The van der Waals surface area contributed by atoms with Crippen molar-refractivity contribution in [3.8, 4) is 6.07 Å². The zero-order valence-corrected chi connectivity index (χ0v) is 9.92. The first-order valence-electron chi connectivity index (χ1n) is 4.88. The van der Waals surface area contributed by atoms with E-state index < -0.39 is 0 Å². The van der Waals surface area contributed by atoms with Gasteiger partial charge in [0.05, 0.1) is 17.7 Å². The van der Waals surface area contributed by atoms with Gasteiger partial charge in [-0.25, -0.2) is 0 Å². The maximum absolute atomic E-state index is 11.8. The zero-order chi connectivity index (χ0) is 11.1. The third-order valence-electron chi connectivity index (χ3n) is 2.07. The van der Waals surface area contributed by atoms with E-state index in [0.717, 1.165) is 0 Å². The minimum absolute atomic E-state index is 0.0288. The van der Waals surface area contributed by atoms with E-state index in [4.69, 9.17) is 5.26 Å². The molecule has 0 N–H and O–H groups in total. The van der Waals surface area contributed by atoms with Crippen molar-refractivity contribution in [3.63, 3.8) is 0 Å². The number of hydrogen-bond donors (Lipinski definition) is 1. The molecule has 0 radical (unpaired) electrons. The van der Waals surface area contributed by atoms with E-state index in [1.54, 1.807) is 4.90 Å². The van der Waals surface area contributed by atoms with Crippen molar-refractivity contribution in [2.75, 3.05) is 13.1 Å². The molecule has 0 spiro atoms. The van der Waals surface area contributed by atoms with E-state index in [2.05, 4.69) is 12.6 Å². The Morgan fingerprint density at radius 1 is 1.57 bits per heavy atom. The van der Waals surface area contributed by atoms with Crippen molar-refractivity contribution in [3.05, 3.63) is 0 Å². The van der Waals surface area contributed by atoms with E-state index in [-0.39, 0.29) is 17.1 Å². The summed E-state index contributed by atoms with van der Waals surface area (Å²) in [5.41, 5.74) is 0. The fourth-order valence-electron chi connectivity index (χ4n) is 1.08. The fraction of sp³-hybridized carbons (Fsp3) is 0.800. The third kappa shape index (κ3) is 4.01. The van der Waals surface area contributed by atoms with E-state index in [1.165, 1.54) is 0 Å². The molecule has 0 aliphatic heterocycles. The van der Waals surface area contributed by atoms with E-state index >= 15 is 0 Å². The molecule has 0 aromatic rings. The number of thiol groups is 1. The van der Waals surface area contributed by atoms with Crippen LogP contribution in [0.15, 0.2) is 0 Å². The summed E-state index contributed by atoms with van der Waals surface area (Å²) in [6, 6.07) is 2.04. The lowest BCUT2D eigenvalue weighted by Crippen LogP contribution is -2.39. The minimum atomic E-state index is -0.256. The maximum Gasteiger partial charge on any atom is 0.235 e. The maximum atomic E-state index is 11.8. The standard InChI is InChI=1S/C10H18N2OS/c1-4-12(7-5-6-11)10(13)9(14)8(2)3/h8-9,14H,4-5,7H2,1-3H3. The van der Waals surface area contributed by atoms with Crippen LogP contribution < -0.4 is 0 Å². The molecule has 0 bridgehead atoms. The smallest absolute Gasteiger partial charge is 0.235 e. The van der Waals surface area contributed by atoms with Crippen molar-refractivity contribution < 1.29 is 4.79 Å². The average Bonchev–Trinajstić information content (AvgIpc) is 2.17. The molecule has 0 aromatic carbocycles. The summed E-state index contributed by atoms with van der Waals surface area (Å²) in [5, 5.41) is 8.18. The summed E-state index contributed by atoms with van der Waals surface area (Å²) in [5.74, 6) is 0.253. The second-order valence-electron chi connectivity index (χ2n) is 3.51. The van der Waals surface area contributed by atoms with Crippen LogP contribution in [0.2, 0.25) is 0 Å². The second-order valence-corrected chi connectivity index (χ2v) is 4.07. The number of nitrogens with zero attached hydrogens (tertiary/aromatic N) is 2. The molecule has 0 fully saturated rings. The Balaban J connectivity index is 4.24. The molecule has 14 heavy (non-hydrogen) atoms. The van der Waals surface area contributed by atoms with Gasteiger partial charge in [0.2, 0.25) is 5.91 Å². The summed E-state index contributed by atoms with van der Waals surface area (Å²) in [6.07, 6.45) is 0.387. The van der Waals surface area contributed by atoms with Gasteiger partial charge in [0.25, 0.3) is 0 Å². The SMILES string of the molecule is CCN(CCC#N)C(=O)C(S)C(C)C. The molecule has 0 heterocycles. The van der Waals surface area contributed by atoms with E-state index in [9.17, 15) is 4.79 Å². The van der Waals surface area contributed by atoms with Crippen LogP contribution in [0.25, 0.3) is 0 Å². The summed E-state index contributed by atoms with van der Waals surface area (Å²) < 4.78 is 0. The molecule has 1 amide bonds. The zero-order valence-electron chi connectivity index (χ0n) is 9.03. The highest BCUT2D eigenvalue weighted by Gasteiger charge is 2.22. The predicted molar refractivity (Wildman–Crippen MR) is 60.1 cm³/mol. The van der Waals surface area contributed by atoms with Gasteiger partial charge in [-0.05, 0) is 12.8 Å². The minimum Gasteiger partial charge on any atom is -0.341 e. The lowest BCUT2D eigenvalue weighted by molar-refractivity contribution is -0.131.